The minimum absolute atomic E-state index is 0.188. The van der Waals surface area contributed by atoms with Gasteiger partial charge in [-0.1, -0.05) is 36.4 Å². The molecule has 0 unspecified atom stereocenters. The third-order valence-corrected chi connectivity index (χ3v) is 4.43. The second kappa shape index (κ2) is 3.44. The van der Waals surface area contributed by atoms with E-state index in [2.05, 4.69) is 36.4 Å². The summed E-state index contributed by atoms with van der Waals surface area (Å²) in [6.07, 6.45) is 5.09. The van der Waals surface area contributed by atoms with Crippen LogP contribution in [0.4, 0.5) is 0 Å². The normalized spacial score (nSPS) is 35.1. The van der Waals surface area contributed by atoms with Crippen LogP contribution in [0.3, 0.4) is 0 Å². The lowest BCUT2D eigenvalue weighted by atomic mass is 9.65. The van der Waals surface area contributed by atoms with E-state index >= 15 is 0 Å². The molecule has 1 aromatic carbocycles. The average Bonchev–Trinajstić information content (AvgIpc) is 2.88. The molecule has 0 radical (unpaired) electrons. The number of rotatable bonds is 1. The highest BCUT2D eigenvalue weighted by molar-refractivity contribution is 5.49. The Labute approximate surface area is 106 Å². The van der Waals surface area contributed by atoms with Crippen molar-refractivity contribution in [2.24, 2.45) is 0 Å². The van der Waals surface area contributed by atoms with E-state index in [1.165, 1.54) is 11.1 Å². The first-order chi connectivity index (χ1) is 8.80. The highest BCUT2D eigenvalue weighted by Gasteiger charge is 2.58. The van der Waals surface area contributed by atoms with E-state index in [1.807, 2.05) is 0 Å². The number of methoxy groups -OCH3 is 1. The van der Waals surface area contributed by atoms with Crippen LogP contribution in [0.1, 0.15) is 23.5 Å². The van der Waals surface area contributed by atoms with Gasteiger partial charge in [0.1, 0.15) is 5.60 Å². The second-order valence-electron chi connectivity index (χ2n) is 5.20. The van der Waals surface area contributed by atoms with Crippen molar-refractivity contribution < 1.29 is 14.2 Å². The van der Waals surface area contributed by atoms with Gasteiger partial charge in [-0.3, -0.25) is 0 Å². The summed E-state index contributed by atoms with van der Waals surface area (Å²) in [4.78, 5) is 0. The molecule has 3 nitrogen and oxygen atoms in total. The van der Waals surface area contributed by atoms with Crippen molar-refractivity contribution in [1.29, 1.82) is 0 Å². The van der Waals surface area contributed by atoms with Crippen molar-refractivity contribution in [3.8, 4) is 0 Å². The van der Waals surface area contributed by atoms with Crippen molar-refractivity contribution in [2.75, 3.05) is 20.3 Å². The fraction of sp³-hybridized carbons (Fsp3) is 0.467. The monoisotopic (exact) mass is 244 g/mol. The Kier molecular flexibility index (Phi) is 2.05. The summed E-state index contributed by atoms with van der Waals surface area (Å²) in [5.74, 6) is -0.327. The predicted molar refractivity (Wildman–Crippen MR) is 66.3 cm³/mol. The van der Waals surface area contributed by atoms with Gasteiger partial charge in [-0.15, -0.1) is 0 Å². The summed E-state index contributed by atoms with van der Waals surface area (Å²) in [5, 5.41) is 0. The molecule has 2 atom stereocenters. The maximum atomic E-state index is 5.95. The summed E-state index contributed by atoms with van der Waals surface area (Å²) < 4.78 is 17.7. The lowest BCUT2D eigenvalue weighted by Gasteiger charge is -2.51. The Balaban J connectivity index is 1.94. The van der Waals surface area contributed by atoms with Gasteiger partial charge in [-0.05, 0) is 11.1 Å². The molecule has 1 aromatic rings. The molecule has 1 saturated heterocycles. The van der Waals surface area contributed by atoms with Crippen molar-refractivity contribution >= 4 is 0 Å². The minimum atomic E-state index is -0.515. The third kappa shape index (κ3) is 1.14. The van der Waals surface area contributed by atoms with E-state index in [-0.39, 0.29) is 5.92 Å². The zero-order valence-electron chi connectivity index (χ0n) is 10.4. The summed E-state index contributed by atoms with van der Waals surface area (Å²) in [6, 6.07) is 8.44. The standard InChI is InChI=1S/C15H16O3/c1-16-14-7-6-13(11-4-2-3-5-12(11)14)15(10-14)17-8-9-18-15/h2-7,13H,8-10H2,1H3/t13-,14+/m0/s1. The lowest BCUT2D eigenvalue weighted by Crippen LogP contribution is -2.52. The molecule has 4 aliphatic rings. The molecule has 3 aliphatic carbocycles. The van der Waals surface area contributed by atoms with E-state index in [9.17, 15) is 0 Å². The molecule has 5 rings (SSSR count). The first kappa shape index (κ1) is 10.7. The van der Waals surface area contributed by atoms with Gasteiger partial charge in [0, 0.05) is 13.5 Å². The second-order valence-corrected chi connectivity index (χ2v) is 5.20. The SMILES string of the molecule is CO[C@@]12C=C[C@@H](c3ccccc31)C1(C2)OCCO1. The first-order valence-corrected chi connectivity index (χ1v) is 6.42. The van der Waals surface area contributed by atoms with Gasteiger partial charge in [0.15, 0.2) is 5.79 Å². The van der Waals surface area contributed by atoms with Crippen LogP contribution in [0.15, 0.2) is 36.4 Å². The molecule has 1 fully saturated rings. The fourth-order valence-corrected chi connectivity index (χ4v) is 3.61. The van der Waals surface area contributed by atoms with Crippen LogP contribution in [0.5, 0.6) is 0 Å². The molecule has 0 aromatic heterocycles. The van der Waals surface area contributed by atoms with Crippen LogP contribution < -0.4 is 0 Å². The van der Waals surface area contributed by atoms with Crippen LogP contribution in [-0.4, -0.2) is 26.1 Å². The Hall–Kier alpha value is -1.16. The molecular weight excluding hydrogens is 228 g/mol. The molecule has 1 aliphatic heterocycles. The number of ether oxygens (including phenoxy) is 3. The van der Waals surface area contributed by atoms with Gasteiger partial charge in [0.25, 0.3) is 0 Å². The first-order valence-electron chi connectivity index (χ1n) is 6.42. The molecule has 1 spiro atoms. The van der Waals surface area contributed by atoms with Crippen molar-refractivity contribution in [1.82, 2.24) is 0 Å². The third-order valence-electron chi connectivity index (χ3n) is 4.43. The van der Waals surface area contributed by atoms with E-state index < -0.39 is 11.4 Å². The Morgan fingerprint density at radius 2 is 2.00 bits per heavy atom. The molecule has 0 amide bonds. The maximum absolute atomic E-state index is 5.95. The predicted octanol–water partition coefficient (Wildman–Crippen LogP) is 2.33. The molecule has 3 heteroatoms. The van der Waals surface area contributed by atoms with Gasteiger partial charge < -0.3 is 14.2 Å². The molecule has 1 heterocycles. The average molecular weight is 244 g/mol. The summed E-state index contributed by atoms with van der Waals surface area (Å²) in [6.45, 7) is 1.35. The van der Waals surface area contributed by atoms with Crippen molar-refractivity contribution in [3.05, 3.63) is 47.5 Å². The molecule has 94 valence electrons. The van der Waals surface area contributed by atoms with Gasteiger partial charge in [0.2, 0.25) is 0 Å². The number of hydrogen-bond donors (Lipinski definition) is 0. The Morgan fingerprint density at radius 3 is 2.78 bits per heavy atom. The quantitative estimate of drug-likeness (QED) is 0.710. The van der Waals surface area contributed by atoms with Crippen LogP contribution in [-0.2, 0) is 19.8 Å². The molecule has 0 N–H and O–H groups in total. The highest BCUT2D eigenvalue weighted by atomic mass is 16.7. The maximum Gasteiger partial charge on any atom is 0.182 e. The highest BCUT2D eigenvalue weighted by Crippen LogP contribution is 2.56. The zero-order valence-corrected chi connectivity index (χ0v) is 10.4. The van der Waals surface area contributed by atoms with Crippen LogP contribution >= 0.6 is 0 Å². The number of benzene rings is 1. The summed E-state index contributed by atoms with van der Waals surface area (Å²) >= 11 is 0. The van der Waals surface area contributed by atoms with Gasteiger partial charge in [0.05, 0.1) is 19.1 Å². The fourth-order valence-electron chi connectivity index (χ4n) is 3.61. The summed E-state index contributed by atoms with van der Waals surface area (Å²) in [7, 11) is 1.76. The van der Waals surface area contributed by atoms with Crippen LogP contribution in [0.2, 0.25) is 0 Å². The van der Waals surface area contributed by atoms with Crippen LogP contribution in [0.25, 0.3) is 0 Å². The van der Waals surface area contributed by atoms with E-state index in [4.69, 9.17) is 14.2 Å². The zero-order chi connectivity index (χ0) is 12.2. The van der Waals surface area contributed by atoms with E-state index in [1.54, 1.807) is 7.11 Å². The number of hydrogen-bond acceptors (Lipinski definition) is 3. The van der Waals surface area contributed by atoms with E-state index in [0.717, 1.165) is 6.42 Å². The Bertz CT molecular complexity index is 516. The Morgan fingerprint density at radius 1 is 1.22 bits per heavy atom. The van der Waals surface area contributed by atoms with E-state index in [0.29, 0.717) is 13.2 Å². The van der Waals surface area contributed by atoms with Gasteiger partial charge >= 0.3 is 0 Å². The minimum Gasteiger partial charge on any atom is -0.369 e. The topological polar surface area (TPSA) is 27.7 Å². The van der Waals surface area contributed by atoms with Gasteiger partial charge in [-0.2, -0.15) is 0 Å². The summed E-state index contributed by atoms with van der Waals surface area (Å²) in [5.41, 5.74) is 2.13. The molecule has 18 heavy (non-hydrogen) atoms. The molecule has 0 saturated carbocycles. The largest absolute Gasteiger partial charge is 0.369 e. The van der Waals surface area contributed by atoms with Crippen molar-refractivity contribution in [3.63, 3.8) is 0 Å². The lowest BCUT2D eigenvalue weighted by molar-refractivity contribution is -0.215. The van der Waals surface area contributed by atoms with Gasteiger partial charge in [-0.25, -0.2) is 0 Å². The smallest absolute Gasteiger partial charge is 0.182 e. The molecular formula is C15H16O3. The van der Waals surface area contributed by atoms with Crippen LogP contribution in [0, 0.1) is 0 Å². The van der Waals surface area contributed by atoms with Crippen molar-refractivity contribution in [2.45, 2.75) is 23.7 Å². The molecule has 2 bridgehead atoms.